The molecule has 2 aliphatic carbocycles. The van der Waals surface area contributed by atoms with Crippen LogP contribution in [0.3, 0.4) is 0 Å². The molecule has 0 unspecified atom stereocenters. The summed E-state index contributed by atoms with van der Waals surface area (Å²) in [6, 6.07) is 12.5. The largest absolute Gasteiger partial charge is 0.314 e. The quantitative estimate of drug-likeness (QED) is 0.327. The van der Waals surface area contributed by atoms with Crippen molar-refractivity contribution in [3.05, 3.63) is 81.5 Å². The zero-order valence-electron chi connectivity index (χ0n) is 20.0. The first-order chi connectivity index (χ1) is 20.2. The Bertz CT molecular complexity index is 1970. The average molecular weight is 558 g/mol. The second-order valence-electron chi connectivity index (χ2n) is 8.01. The van der Waals surface area contributed by atoms with Crippen molar-refractivity contribution in [2.24, 2.45) is 0 Å². The van der Waals surface area contributed by atoms with Crippen molar-refractivity contribution in [2.75, 3.05) is 0 Å². The van der Waals surface area contributed by atoms with Crippen LogP contribution in [-0.4, -0.2) is 29.9 Å². The van der Waals surface area contributed by atoms with E-state index in [0.717, 1.165) is 0 Å². The SMILES string of the molecule is N#CC(C#N)=C1C(c2nc(F)nc(F)n2)=C(C#N)c2cc3c(cc21)C(C#N)=C(c1nc(F)nc(F)n1)C3=C(C#N)C#N. The van der Waals surface area contributed by atoms with Crippen LogP contribution in [0.2, 0.25) is 0 Å². The van der Waals surface area contributed by atoms with E-state index in [1.165, 1.54) is 12.1 Å². The van der Waals surface area contributed by atoms with Gasteiger partial charge in [-0.15, -0.1) is 0 Å². The van der Waals surface area contributed by atoms with Gasteiger partial charge in [0.05, 0.1) is 11.1 Å². The molecule has 0 spiro atoms. The van der Waals surface area contributed by atoms with E-state index in [1.807, 2.05) is 12.1 Å². The van der Waals surface area contributed by atoms with Gasteiger partial charge in [-0.2, -0.15) is 79.0 Å². The molecule has 0 radical (unpaired) electrons. The third-order valence-corrected chi connectivity index (χ3v) is 6.01. The van der Waals surface area contributed by atoms with Gasteiger partial charge in [-0.1, -0.05) is 0 Å². The van der Waals surface area contributed by atoms with Crippen LogP contribution >= 0.6 is 0 Å². The third kappa shape index (κ3) is 3.87. The lowest BCUT2D eigenvalue weighted by Gasteiger charge is -2.10. The molecule has 16 heteroatoms. The van der Waals surface area contributed by atoms with E-state index >= 15 is 0 Å². The smallest absolute Gasteiger partial charge is 0.192 e. The fourth-order valence-electron chi connectivity index (χ4n) is 4.56. The van der Waals surface area contributed by atoms with E-state index in [9.17, 15) is 49.1 Å². The van der Waals surface area contributed by atoms with Crippen LogP contribution in [-0.2, 0) is 0 Å². The minimum atomic E-state index is -1.57. The number of benzene rings is 1. The van der Waals surface area contributed by atoms with Gasteiger partial charge in [0.25, 0.3) is 0 Å². The Morgan fingerprint density at radius 2 is 0.786 bits per heavy atom. The first-order valence-electron chi connectivity index (χ1n) is 10.9. The van der Waals surface area contributed by atoms with Crippen LogP contribution in [0.15, 0.2) is 23.3 Å². The summed E-state index contributed by atoms with van der Waals surface area (Å²) in [5, 5.41) is 58.9. The van der Waals surface area contributed by atoms with Crippen LogP contribution in [0.5, 0.6) is 0 Å². The zero-order valence-corrected chi connectivity index (χ0v) is 20.0. The summed E-state index contributed by atoms with van der Waals surface area (Å²) >= 11 is 0. The Morgan fingerprint density at radius 3 is 1.05 bits per heavy atom. The summed E-state index contributed by atoms with van der Waals surface area (Å²) in [4.78, 5) is 19.2. The minimum Gasteiger partial charge on any atom is -0.192 e. The van der Waals surface area contributed by atoms with Gasteiger partial charge in [0.1, 0.15) is 47.6 Å². The molecule has 0 bridgehead atoms. The number of hydrogen-bond acceptors (Lipinski definition) is 12. The number of halogens is 4. The van der Waals surface area contributed by atoms with Crippen molar-refractivity contribution in [3.8, 4) is 36.4 Å². The third-order valence-electron chi connectivity index (χ3n) is 6.01. The molecule has 2 aromatic heterocycles. The van der Waals surface area contributed by atoms with Crippen molar-refractivity contribution in [3.63, 3.8) is 0 Å². The molecule has 0 N–H and O–H groups in total. The van der Waals surface area contributed by atoms with Crippen molar-refractivity contribution in [2.45, 2.75) is 0 Å². The molecular formula is C26H2F4N12. The highest BCUT2D eigenvalue weighted by atomic mass is 19.2. The normalized spacial score (nSPS) is 12.8. The van der Waals surface area contributed by atoms with Crippen LogP contribution < -0.4 is 0 Å². The molecule has 2 heterocycles. The monoisotopic (exact) mass is 558 g/mol. The molecule has 2 aliphatic rings. The predicted molar refractivity (Wildman–Crippen MR) is 127 cm³/mol. The lowest BCUT2D eigenvalue weighted by atomic mass is 9.91. The van der Waals surface area contributed by atoms with Gasteiger partial charge in [-0.3, -0.25) is 0 Å². The maximum atomic E-state index is 14.0. The summed E-state index contributed by atoms with van der Waals surface area (Å²) < 4.78 is 55.9. The summed E-state index contributed by atoms with van der Waals surface area (Å²) in [6.45, 7) is 0. The molecule has 42 heavy (non-hydrogen) atoms. The van der Waals surface area contributed by atoms with Gasteiger partial charge in [-0.05, 0) is 23.3 Å². The fraction of sp³-hybridized carbons (Fsp3) is 0. The highest BCUT2D eigenvalue weighted by Gasteiger charge is 2.39. The number of nitriles is 6. The predicted octanol–water partition coefficient (Wildman–Crippen LogP) is 3.11. The summed E-state index contributed by atoms with van der Waals surface area (Å²) in [5.74, 6) is -1.46. The Balaban J connectivity index is 1.95. The number of nitrogens with zero attached hydrogens (tertiary/aromatic N) is 12. The van der Waals surface area contributed by atoms with Gasteiger partial charge in [0.15, 0.2) is 11.6 Å². The van der Waals surface area contributed by atoms with E-state index in [4.69, 9.17) is 0 Å². The van der Waals surface area contributed by atoms with E-state index < -0.39 is 58.3 Å². The fourth-order valence-corrected chi connectivity index (χ4v) is 4.56. The van der Waals surface area contributed by atoms with Gasteiger partial charge >= 0.3 is 24.3 Å². The number of rotatable bonds is 2. The molecular weight excluding hydrogens is 556 g/mol. The zero-order chi connectivity index (χ0) is 30.3. The molecule has 0 saturated heterocycles. The first-order valence-corrected chi connectivity index (χ1v) is 10.9. The molecule has 12 nitrogen and oxygen atoms in total. The van der Waals surface area contributed by atoms with Crippen molar-refractivity contribution in [1.29, 1.82) is 31.6 Å². The van der Waals surface area contributed by atoms with Gasteiger partial charge in [0.2, 0.25) is 0 Å². The van der Waals surface area contributed by atoms with E-state index in [-0.39, 0.29) is 44.5 Å². The second-order valence-corrected chi connectivity index (χ2v) is 8.01. The standard InChI is InChI=1S/C26H2F4N12/c27-23-37-21(38-24(28)41-23)19-15(7-35)11-1-13-12(2-14(11)18(19)10(5-33)6-34)16(8-36)20(17(13)9(3-31)4-32)22-39-25(29)42-26(30)40-22/h1-2H. The summed E-state index contributed by atoms with van der Waals surface area (Å²) in [7, 11) is 0. The van der Waals surface area contributed by atoms with E-state index in [2.05, 4.69) is 29.9 Å². The Labute approximate surface area is 230 Å². The number of aromatic nitrogens is 6. The van der Waals surface area contributed by atoms with Crippen molar-refractivity contribution in [1.82, 2.24) is 29.9 Å². The number of fused-ring (bicyclic) bond motifs is 2. The molecule has 0 saturated carbocycles. The van der Waals surface area contributed by atoms with Crippen molar-refractivity contribution >= 4 is 33.4 Å². The van der Waals surface area contributed by atoms with Gasteiger partial charge in [-0.25, -0.2) is 0 Å². The average Bonchev–Trinajstić information content (AvgIpc) is 3.44. The molecule has 1 aromatic carbocycles. The Hall–Kier alpha value is -7.14. The Morgan fingerprint density at radius 1 is 0.476 bits per heavy atom. The molecule has 5 rings (SSSR count). The molecule has 3 aromatic rings. The van der Waals surface area contributed by atoms with Gasteiger partial charge in [0, 0.05) is 33.4 Å². The molecule has 0 aliphatic heterocycles. The second kappa shape index (κ2) is 9.87. The highest BCUT2D eigenvalue weighted by molar-refractivity contribution is 6.29. The Kier molecular flexibility index (Phi) is 6.22. The van der Waals surface area contributed by atoms with E-state index in [1.54, 1.807) is 24.3 Å². The van der Waals surface area contributed by atoms with Crippen molar-refractivity contribution < 1.29 is 17.6 Å². The minimum absolute atomic E-state index is 0.0727. The summed E-state index contributed by atoms with van der Waals surface area (Å²) in [5.41, 5.74) is -3.80. The maximum absolute atomic E-state index is 14.0. The summed E-state index contributed by atoms with van der Waals surface area (Å²) in [6.07, 6.45) is -6.26. The topological polar surface area (TPSA) is 220 Å². The van der Waals surface area contributed by atoms with E-state index in [0.29, 0.717) is 0 Å². The van der Waals surface area contributed by atoms with Crippen LogP contribution in [0.1, 0.15) is 33.9 Å². The lowest BCUT2D eigenvalue weighted by molar-refractivity contribution is 0.451. The van der Waals surface area contributed by atoms with Crippen LogP contribution in [0.4, 0.5) is 17.6 Å². The van der Waals surface area contributed by atoms with Crippen LogP contribution in [0.25, 0.3) is 33.4 Å². The van der Waals surface area contributed by atoms with Gasteiger partial charge < -0.3 is 0 Å². The number of allylic oxidation sites excluding steroid dienone is 8. The molecule has 0 fully saturated rings. The first kappa shape index (κ1) is 26.5. The maximum Gasteiger partial charge on any atom is 0.314 e. The number of hydrogen-bond donors (Lipinski definition) is 0. The highest BCUT2D eigenvalue weighted by Crippen LogP contribution is 2.53. The van der Waals surface area contributed by atoms with Crippen LogP contribution in [0, 0.1) is 92.3 Å². The lowest BCUT2D eigenvalue weighted by Crippen LogP contribution is -2.05. The molecule has 0 atom stereocenters. The molecule has 0 amide bonds. The molecule has 194 valence electrons.